The zero-order valence-corrected chi connectivity index (χ0v) is 13.7. The molecule has 122 valence electrons. The Morgan fingerprint density at radius 1 is 1.36 bits per heavy atom. The summed E-state index contributed by atoms with van der Waals surface area (Å²) < 4.78 is 5.33. The Balaban J connectivity index is 1.75. The molecule has 0 aromatic heterocycles. The van der Waals surface area contributed by atoms with Crippen molar-refractivity contribution in [1.82, 2.24) is 10.2 Å². The minimum Gasteiger partial charge on any atom is -0.379 e. The Morgan fingerprint density at radius 3 is 2.82 bits per heavy atom. The molecule has 22 heavy (non-hydrogen) atoms. The van der Waals surface area contributed by atoms with Gasteiger partial charge in [-0.25, -0.2) is 0 Å². The van der Waals surface area contributed by atoms with Gasteiger partial charge in [-0.1, -0.05) is 12.1 Å². The van der Waals surface area contributed by atoms with Crippen molar-refractivity contribution in [2.45, 2.75) is 13.8 Å². The fourth-order valence-corrected chi connectivity index (χ4v) is 2.65. The van der Waals surface area contributed by atoms with E-state index in [0.29, 0.717) is 13.1 Å². The number of hydrogen-bond acceptors (Lipinski definition) is 4. The first kappa shape index (κ1) is 16.9. The van der Waals surface area contributed by atoms with Crippen molar-refractivity contribution < 1.29 is 9.53 Å². The van der Waals surface area contributed by atoms with Gasteiger partial charge in [-0.2, -0.15) is 0 Å². The first-order valence-electron chi connectivity index (χ1n) is 8.08. The van der Waals surface area contributed by atoms with Crippen LogP contribution in [0.5, 0.6) is 0 Å². The molecule has 1 aliphatic rings. The highest BCUT2D eigenvalue weighted by Crippen LogP contribution is 2.15. The van der Waals surface area contributed by atoms with Crippen LogP contribution in [0.3, 0.4) is 0 Å². The molecule has 0 saturated carbocycles. The Bertz CT molecular complexity index is 473. The lowest BCUT2D eigenvalue weighted by molar-refractivity contribution is -0.117. The van der Waals surface area contributed by atoms with E-state index in [-0.39, 0.29) is 5.91 Å². The Labute approximate surface area is 133 Å². The molecule has 1 aliphatic heterocycles. The lowest BCUT2D eigenvalue weighted by Crippen LogP contribution is -2.43. The van der Waals surface area contributed by atoms with Crippen LogP contribution in [0.1, 0.15) is 12.5 Å². The fraction of sp³-hybridized carbons (Fsp3) is 0.588. The molecule has 1 heterocycles. The van der Waals surface area contributed by atoms with Crippen LogP contribution in [0, 0.1) is 6.92 Å². The van der Waals surface area contributed by atoms with Crippen molar-refractivity contribution in [2.24, 2.45) is 0 Å². The summed E-state index contributed by atoms with van der Waals surface area (Å²) in [6.07, 6.45) is 0. The topological polar surface area (TPSA) is 44.8 Å². The monoisotopic (exact) mass is 305 g/mol. The summed E-state index contributed by atoms with van der Waals surface area (Å²) >= 11 is 0. The highest BCUT2D eigenvalue weighted by Gasteiger charge is 2.14. The quantitative estimate of drug-likeness (QED) is 0.771. The molecule has 1 N–H and O–H groups in total. The normalized spacial score (nSPS) is 15.7. The first-order chi connectivity index (χ1) is 10.7. The van der Waals surface area contributed by atoms with Gasteiger partial charge in [-0.3, -0.25) is 9.69 Å². The molecular weight excluding hydrogens is 278 g/mol. The summed E-state index contributed by atoms with van der Waals surface area (Å²) in [7, 11) is 0. The molecule has 0 aliphatic carbocycles. The van der Waals surface area contributed by atoms with E-state index in [1.165, 1.54) is 5.56 Å². The van der Waals surface area contributed by atoms with Crippen LogP contribution in [0.15, 0.2) is 24.3 Å². The van der Waals surface area contributed by atoms with Crippen LogP contribution in [0.25, 0.3) is 0 Å². The number of anilines is 1. The second-order valence-electron chi connectivity index (χ2n) is 5.61. The van der Waals surface area contributed by atoms with Crippen molar-refractivity contribution in [2.75, 3.05) is 57.4 Å². The molecular formula is C17H27N3O2. The summed E-state index contributed by atoms with van der Waals surface area (Å²) in [5, 5.41) is 3.26. The molecule has 0 radical (unpaired) electrons. The average Bonchev–Trinajstić information content (AvgIpc) is 2.53. The van der Waals surface area contributed by atoms with E-state index in [1.54, 1.807) is 0 Å². The lowest BCUT2D eigenvalue weighted by Gasteiger charge is -2.27. The number of carbonyl (C=O) groups excluding carboxylic acids is 1. The molecule has 0 atom stereocenters. The summed E-state index contributed by atoms with van der Waals surface area (Å²) in [4.78, 5) is 16.6. The molecule has 1 amide bonds. The summed E-state index contributed by atoms with van der Waals surface area (Å²) in [5.41, 5.74) is 2.14. The smallest absolute Gasteiger partial charge is 0.240 e. The second-order valence-corrected chi connectivity index (χ2v) is 5.61. The van der Waals surface area contributed by atoms with Crippen LogP contribution < -0.4 is 10.2 Å². The van der Waals surface area contributed by atoms with Crippen molar-refractivity contribution in [1.29, 1.82) is 0 Å². The minimum absolute atomic E-state index is 0.120. The fourth-order valence-electron chi connectivity index (χ4n) is 2.65. The largest absolute Gasteiger partial charge is 0.379 e. The second kappa shape index (κ2) is 8.88. The predicted octanol–water partition coefficient (Wildman–Crippen LogP) is 1.27. The molecule has 5 nitrogen and oxygen atoms in total. The minimum atomic E-state index is 0.120. The maximum Gasteiger partial charge on any atom is 0.240 e. The van der Waals surface area contributed by atoms with Gasteiger partial charge in [-0.15, -0.1) is 0 Å². The van der Waals surface area contributed by atoms with E-state index in [4.69, 9.17) is 4.74 Å². The number of nitrogens with zero attached hydrogens (tertiary/aromatic N) is 2. The molecule has 1 aromatic rings. The lowest BCUT2D eigenvalue weighted by atomic mass is 10.2. The van der Waals surface area contributed by atoms with Gasteiger partial charge in [0.1, 0.15) is 0 Å². The summed E-state index contributed by atoms with van der Waals surface area (Å²) in [6, 6.07) is 8.08. The number of aryl methyl sites for hydroxylation is 1. The third kappa shape index (κ3) is 5.09. The Kier molecular flexibility index (Phi) is 6.83. The number of benzene rings is 1. The van der Waals surface area contributed by atoms with Gasteiger partial charge in [0.2, 0.25) is 5.91 Å². The van der Waals surface area contributed by atoms with Crippen molar-refractivity contribution >= 4 is 11.6 Å². The van der Waals surface area contributed by atoms with E-state index in [2.05, 4.69) is 16.3 Å². The van der Waals surface area contributed by atoms with E-state index < -0.39 is 0 Å². The number of amides is 1. The van der Waals surface area contributed by atoms with Gasteiger partial charge in [0.15, 0.2) is 0 Å². The molecule has 1 fully saturated rings. The molecule has 2 rings (SSSR count). The number of likely N-dealkylation sites (N-methyl/N-ethyl adjacent to an activating group) is 1. The van der Waals surface area contributed by atoms with E-state index >= 15 is 0 Å². The van der Waals surface area contributed by atoms with Crippen LogP contribution in [-0.2, 0) is 9.53 Å². The summed E-state index contributed by atoms with van der Waals surface area (Å²) in [5.74, 6) is 0.120. The van der Waals surface area contributed by atoms with Gasteiger partial charge >= 0.3 is 0 Å². The van der Waals surface area contributed by atoms with Crippen molar-refractivity contribution in [3.63, 3.8) is 0 Å². The molecule has 1 saturated heterocycles. The molecule has 0 bridgehead atoms. The van der Waals surface area contributed by atoms with E-state index in [1.807, 2.05) is 36.9 Å². The van der Waals surface area contributed by atoms with Crippen molar-refractivity contribution in [3.05, 3.63) is 29.8 Å². The van der Waals surface area contributed by atoms with Gasteiger partial charge in [0, 0.05) is 38.4 Å². The van der Waals surface area contributed by atoms with Gasteiger partial charge < -0.3 is 15.0 Å². The van der Waals surface area contributed by atoms with Crippen LogP contribution in [0.4, 0.5) is 5.69 Å². The Morgan fingerprint density at radius 2 is 2.14 bits per heavy atom. The number of hydrogen-bond donors (Lipinski definition) is 1. The van der Waals surface area contributed by atoms with Gasteiger partial charge in [-0.05, 0) is 31.5 Å². The zero-order chi connectivity index (χ0) is 15.8. The number of nitrogens with one attached hydrogen (secondary N) is 1. The van der Waals surface area contributed by atoms with Crippen LogP contribution >= 0.6 is 0 Å². The average molecular weight is 305 g/mol. The number of ether oxygens (including phenoxy) is 1. The zero-order valence-electron chi connectivity index (χ0n) is 13.7. The Hall–Kier alpha value is -1.43. The molecule has 5 heteroatoms. The van der Waals surface area contributed by atoms with Crippen LogP contribution in [-0.4, -0.2) is 63.3 Å². The maximum absolute atomic E-state index is 12.4. The third-order valence-corrected chi connectivity index (χ3v) is 3.92. The summed E-state index contributed by atoms with van der Waals surface area (Å²) in [6.45, 7) is 10.5. The SMILES string of the molecule is CCN(C(=O)CNCCN1CCOCC1)c1cccc(C)c1. The predicted molar refractivity (Wildman–Crippen MR) is 89.3 cm³/mol. The van der Waals surface area contributed by atoms with E-state index in [9.17, 15) is 4.79 Å². The van der Waals surface area contributed by atoms with Crippen LogP contribution in [0.2, 0.25) is 0 Å². The van der Waals surface area contributed by atoms with Gasteiger partial charge in [0.25, 0.3) is 0 Å². The number of morpholine rings is 1. The standard InChI is InChI=1S/C17H27N3O2/c1-3-20(16-6-4-5-15(2)13-16)17(21)14-18-7-8-19-9-11-22-12-10-19/h4-6,13,18H,3,7-12,14H2,1-2H3. The highest BCUT2D eigenvalue weighted by molar-refractivity contribution is 5.94. The number of rotatable bonds is 7. The number of carbonyl (C=O) groups is 1. The molecule has 0 unspecified atom stereocenters. The molecule has 1 aromatic carbocycles. The first-order valence-corrected chi connectivity index (χ1v) is 8.08. The maximum atomic E-state index is 12.4. The molecule has 0 spiro atoms. The van der Waals surface area contributed by atoms with Gasteiger partial charge in [0.05, 0.1) is 19.8 Å². The highest BCUT2D eigenvalue weighted by atomic mass is 16.5. The van der Waals surface area contributed by atoms with E-state index in [0.717, 1.165) is 45.1 Å². The third-order valence-electron chi connectivity index (χ3n) is 3.92. The van der Waals surface area contributed by atoms with Crippen molar-refractivity contribution in [3.8, 4) is 0 Å².